The summed E-state index contributed by atoms with van der Waals surface area (Å²) in [4.78, 5) is 28.7. The molecule has 0 radical (unpaired) electrons. The lowest BCUT2D eigenvalue weighted by Gasteiger charge is -2.13. The van der Waals surface area contributed by atoms with Gasteiger partial charge in [-0.15, -0.1) is 0 Å². The molecule has 0 aliphatic carbocycles. The number of benzene rings is 3. The summed E-state index contributed by atoms with van der Waals surface area (Å²) in [5.74, 6) is 0.371. The van der Waals surface area contributed by atoms with Gasteiger partial charge in [-0.3, -0.25) is 19.5 Å². The van der Waals surface area contributed by atoms with E-state index in [0.717, 1.165) is 14.7 Å². The SMILES string of the molecule is Cc1cccc(/C=C/c2nc3ccc(I)cc3c(=O)n2-c2ccc([N+](=O)[O-])cc2Cl)c1. The van der Waals surface area contributed by atoms with Gasteiger partial charge in [0.2, 0.25) is 0 Å². The number of fused-ring (bicyclic) bond motifs is 1. The minimum absolute atomic E-state index is 0.0910. The lowest BCUT2D eigenvalue weighted by molar-refractivity contribution is -0.384. The van der Waals surface area contributed by atoms with Gasteiger partial charge in [0.25, 0.3) is 11.2 Å². The molecular weight excluding hydrogens is 529 g/mol. The van der Waals surface area contributed by atoms with Crippen molar-refractivity contribution in [1.82, 2.24) is 9.55 Å². The summed E-state index contributed by atoms with van der Waals surface area (Å²) < 4.78 is 2.28. The molecule has 0 aliphatic heterocycles. The van der Waals surface area contributed by atoms with Crippen LogP contribution in [0.5, 0.6) is 0 Å². The Hall–Kier alpha value is -3.04. The summed E-state index contributed by atoms with van der Waals surface area (Å²) in [5, 5.41) is 11.6. The largest absolute Gasteiger partial charge is 0.271 e. The van der Waals surface area contributed by atoms with Crippen LogP contribution in [0.4, 0.5) is 5.69 Å². The Balaban J connectivity index is 1.97. The second kappa shape index (κ2) is 8.60. The van der Waals surface area contributed by atoms with Crippen molar-refractivity contribution in [3.05, 3.63) is 107 Å². The van der Waals surface area contributed by atoms with Crippen LogP contribution < -0.4 is 5.56 Å². The molecule has 154 valence electrons. The highest BCUT2D eigenvalue weighted by Gasteiger charge is 2.16. The van der Waals surface area contributed by atoms with E-state index in [9.17, 15) is 14.9 Å². The van der Waals surface area contributed by atoms with Crippen LogP contribution in [0.25, 0.3) is 28.7 Å². The number of aromatic nitrogens is 2. The number of rotatable bonds is 4. The van der Waals surface area contributed by atoms with Gasteiger partial charge >= 0.3 is 0 Å². The minimum Gasteiger partial charge on any atom is -0.268 e. The molecule has 0 bridgehead atoms. The summed E-state index contributed by atoms with van der Waals surface area (Å²) in [6.45, 7) is 2.00. The first-order valence-electron chi connectivity index (χ1n) is 9.25. The number of hydrogen-bond acceptors (Lipinski definition) is 4. The van der Waals surface area contributed by atoms with E-state index in [0.29, 0.717) is 22.4 Å². The molecule has 0 saturated heterocycles. The van der Waals surface area contributed by atoms with Gasteiger partial charge in [-0.1, -0.05) is 47.5 Å². The fourth-order valence-corrected chi connectivity index (χ4v) is 4.01. The van der Waals surface area contributed by atoms with Crippen LogP contribution >= 0.6 is 34.2 Å². The molecule has 0 amide bonds. The molecule has 0 unspecified atom stereocenters. The average Bonchev–Trinajstić information content (AvgIpc) is 2.73. The van der Waals surface area contributed by atoms with Gasteiger partial charge in [0.05, 0.1) is 26.5 Å². The molecule has 31 heavy (non-hydrogen) atoms. The number of hydrogen-bond donors (Lipinski definition) is 0. The fraction of sp³-hybridized carbons (Fsp3) is 0.0435. The van der Waals surface area contributed by atoms with Crippen molar-refractivity contribution in [3.8, 4) is 5.69 Å². The molecular formula is C23H15ClIN3O3. The van der Waals surface area contributed by atoms with Gasteiger partial charge < -0.3 is 0 Å². The van der Waals surface area contributed by atoms with E-state index in [1.165, 1.54) is 22.8 Å². The second-order valence-electron chi connectivity index (χ2n) is 6.91. The van der Waals surface area contributed by atoms with Crippen LogP contribution in [0, 0.1) is 20.6 Å². The van der Waals surface area contributed by atoms with Crippen molar-refractivity contribution >= 4 is 62.9 Å². The number of halogens is 2. The maximum Gasteiger partial charge on any atom is 0.271 e. The zero-order chi connectivity index (χ0) is 22.1. The van der Waals surface area contributed by atoms with Crippen molar-refractivity contribution in [2.75, 3.05) is 0 Å². The normalized spacial score (nSPS) is 11.3. The molecule has 0 spiro atoms. The highest BCUT2D eigenvalue weighted by Crippen LogP contribution is 2.27. The van der Waals surface area contributed by atoms with Gasteiger partial charge in [-0.05, 0) is 65.4 Å². The third-order valence-electron chi connectivity index (χ3n) is 4.71. The van der Waals surface area contributed by atoms with Crippen LogP contribution in [0.1, 0.15) is 17.0 Å². The van der Waals surface area contributed by atoms with E-state index >= 15 is 0 Å². The van der Waals surface area contributed by atoms with Crippen molar-refractivity contribution in [2.24, 2.45) is 0 Å². The summed E-state index contributed by atoms with van der Waals surface area (Å²) in [7, 11) is 0. The molecule has 1 heterocycles. The number of non-ortho nitro benzene ring substituents is 1. The van der Waals surface area contributed by atoms with Crippen LogP contribution in [-0.4, -0.2) is 14.5 Å². The molecule has 8 heteroatoms. The molecule has 3 aromatic carbocycles. The minimum atomic E-state index is -0.530. The van der Waals surface area contributed by atoms with E-state index < -0.39 is 4.92 Å². The third-order valence-corrected chi connectivity index (χ3v) is 5.68. The van der Waals surface area contributed by atoms with Crippen LogP contribution in [0.15, 0.2) is 65.5 Å². The Morgan fingerprint density at radius 2 is 1.90 bits per heavy atom. The standard InChI is InChI=1S/C23H15ClIN3O3/c1-14-3-2-4-15(11-14)5-10-22-26-20-8-6-16(25)12-18(20)23(29)27(22)21-9-7-17(28(30)31)13-19(21)24/h2-13H,1H3/b10-5+. The van der Waals surface area contributed by atoms with Crippen LogP contribution in [-0.2, 0) is 0 Å². The number of nitro benzene ring substituents is 1. The van der Waals surface area contributed by atoms with Crippen molar-refractivity contribution in [1.29, 1.82) is 0 Å². The maximum atomic E-state index is 13.4. The lowest BCUT2D eigenvalue weighted by atomic mass is 10.1. The first-order chi connectivity index (χ1) is 14.8. The monoisotopic (exact) mass is 543 g/mol. The molecule has 1 aromatic heterocycles. The molecule has 0 saturated carbocycles. The molecule has 6 nitrogen and oxygen atoms in total. The molecule has 4 aromatic rings. The van der Waals surface area contributed by atoms with E-state index in [4.69, 9.17) is 11.6 Å². The average molecular weight is 544 g/mol. The topological polar surface area (TPSA) is 78.0 Å². The summed E-state index contributed by atoms with van der Waals surface area (Å²) in [6, 6.07) is 17.4. The summed E-state index contributed by atoms with van der Waals surface area (Å²) in [6.07, 6.45) is 3.61. The van der Waals surface area contributed by atoms with Crippen molar-refractivity contribution in [2.45, 2.75) is 6.92 Å². The number of aryl methyl sites for hydroxylation is 1. The van der Waals surface area contributed by atoms with Crippen LogP contribution in [0.3, 0.4) is 0 Å². The second-order valence-corrected chi connectivity index (χ2v) is 8.57. The van der Waals surface area contributed by atoms with Gasteiger partial charge in [0, 0.05) is 15.7 Å². The lowest BCUT2D eigenvalue weighted by Crippen LogP contribution is -2.22. The Labute approximate surface area is 196 Å². The predicted octanol–water partition coefficient (Wildman–Crippen LogP) is 6.03. The highest BCUT2D eigenvalue weighted by atomic mass is 127. The van der Waals surface area contributed by atoms with E-state index in [2.05, 4.69) is 27.6 Å². The smallest absolute Gasteiger partial charge is 0.268 e. The fourth-order valence-electron chi connectivity index (χ4n) is 3.25. The first-order valence-corrected chi connectivity index (χ1v) is 10.7. The van der Waals surface area contributed by atoms with Gasteiger partial charge in [-0.25, -0.2) is 4.98 Å². The number of nitro groups is 1. The Morgan fingerprint density at radius 1 is 1.10 bits per heavy atom. The predicted molar refractivity (Wildman–Crippen MR) is 132 cm³/mol. The summed E-state index contributed by atoms with van der Waals surface area (Å²) >= 11 is 8.49. The quantitative estimate of drug-likeness (QED) is 0.179. The maximum absolute atomic E-state index is 13.4. The molecule has 0 fully saturated rings. The Morgan fingerprint density at radius 3 is 2.61 bits per heavy atom. The summed E-state index contributed by atoms with van der Waals surface area (Å²) in [5.41, 5.74) is 2.50. The zero-order valence-corrected chi connectivity index (χ0v) is 19.2. The number of nitrogens with zero attached hydrogens (tertiary/aromatic N) is 3. The molecule has 0 N–H and O–H groups in total. The van der Waals surface area contributed by atoms with Crippen molar-refractivity contribution in [3.63, 3.8) is 0 Å². The van der Waals surface area contributed by atoms with Crippen LogP contribution in [0.2, 0.25) is 5.02 Å². The molecule has 0 aliphatic rings. The Bertz CT molecular complexity index is 1430. The van der Waals surface area contributed by atoms with E-state index in [1.807, 2.05) is 43.3 Å². The van der Waals surface area contributed by atoms with Crippen molar-refractivity contribution < 1.29 is 4.92 Å². The first kappa shape index (κ1) is 21.2. The highest BCUT2D eigenvalue weighted by molar-refractivity contribution is 14.1. The van der Waals surface area contributed by atoms with Gasteiger partial charge in [-0.2, -0.15) is 0 Å². The Kier molecular flexibility index (Phi) is 5.88. The third kappa shape index (κ3) is 4.38. The van der Waals surface area contributed by atoms with E-state index in [1.54, 1.807) is 18.2 Å². The molecule has 4 rings (SSSR count). The van der Waals surface area contributed by atoms with E-state index in [-0.39, 0.29) is 16.3 Å². The zero-order valence-electron chi connectivity index (χ0n) is 16.3. The van der Waals surface area contributed by atoms with Gasteiger partial charge in [0.1, 0.15) is 5.82 Å². The van der Waals surface area contributed by atoms with Gasteiger partial charge in [0.15, 0.2) is 0 Å². The molecule has 0 atom stereocenters.